The van der Waals surface area contributed by atoms with Crippen molar-refractivity contribution < 1.29 is 27.9 Å². The van der Waals surface area contributed by atoms with Gasteiger partial charge in [-0.25, -0.2) is 0 Å². The fraction of sp³-hybridized carbons (Fsp3) is 0.455. The minimum atomic E-state index is -0.476. The highest BCUT2D eigenvalue weighted by molar-refractivity contribution is 9.10. The standard InChI is InChI=1S/C19H22BN3O2.C13H10BrN3.C12H24B2O4/c1-18(2)19(3,4)25-20(24-18)14-6-7-16-15(12-14)17(22-23(16)5)13-8-10-21-11-9-13;1-17-12-3-2-10(14)8-11(12)13(16-17)9-4-6-15-7-5-9;1-9(2)10(3,4)16-13(15-9)14-17-11(5,6)12(7,8)18-14/h6-12H,1-5H3;2-8H,1H3;1-8H3. The van der Waals surface area contributed by atoms with Gasteiger partial charge in [0, 0.05) is 65.3 Å². The molecule has 0 N–H and O–H groups in total. The number of pyridine rings is 2. The van der Waals surface area contributed by atoms with E-state index >= 15 is 0 Å². The number of halogens is 1. The van der Waals surface area contributed by atoms with Crippen molar-refractivity contribution in [3.63, 3.8) is 0 Å². The summed E-state index contributed by atoms with van der Waals surface area (Å²) in [6, 6.07) is 20.4. The Hall–Kier alpha value is -3.89. The van der Waals surface area contributed by atoms with E-state index < -0.39 is 14.0 Å². The fourth-order valence-electron chi connectivity index (χ4n) is 7.09. The Morgan fingerprint density at radius 3 is 1.22 bits per heavy atom. The molecule has 0 amide bonds. The molecule has 0 spiro atoms. The van der Waals surface area contributed by atoms with Crippen molar-refractivity contribution in [2.45, 2.75) is 117 Å². The number of hydrogen-bond donors (Lipinski definition) is 0. The lowest BCUT2D eigenvalue weighted by Crippen LogP contribution is -2.41. The molecule has 0 bridgehead atoms. The van der Waals surface area contributed by atoms with E-state index in [9.17, 15) is 0 Å². The minimum Gasteiger partial charge on any atom is -0.405 e. The Kier molecular flexibility index (Phi) is 11.6. The van der Waals surface area contributed by atoms with Crippen molar-refractivity contribution in [3.8, 4) is 22.5 Å². The van der Waals surface area contributed by atoms with Crippen LogP contribution in [-0.4, -0.2) is 84.3 Å². The quantitative estimate of drug-likeness (QED) is 0.160. The largest absolute Gasteiger partial charge is 0.494 e. The fourth-order valence-corrected chi connectivity index (χ4v) is 7.45. The Morgan fingerprint density at radius 1 is 0.467 bits per heavy atom. The van der Waals surface area contributed by atoms with Gasteiger partial charge in [-0.3, -0.25) is 19.3 Å². The van der Waals surface area contributed by atoms with Gasteiger partial charge < -0.3 is 27.9 Å². The van der Waals surface area contributed by atoms with E-state index in [2.05, 4.69) is 89.0 Å². The summed E-state index contributed by atoms with van der Waals surface area (Å²) in [5, 5.41) is 11.5. The Morgan fingerprint density at radius 2 is 0.817 bits per heavy atom. The molecule has 314 valence electrons. The van der Waals surface area contributed by atoms with Crippen LogP contribution in [0.4, 0.5) is 0 Å². The summed E-state index contributed by atoms with van der Waals surface area (Å²) in [6.45, 7) is 24.5. The summed E-state index contributed by atoms with van der Waals surface area (Å²) in [7, 11) is 2.59. The predicted molar refractivity (Wildman–Crippen MR) is 243 cm³/mol. The summed E-state index contributed by atoms with van der Waals surface area (Å²) < 4.78 is 41.1. The monoisotopic (exact) mass is 876 g/mol. The van der Waals surface area contributed by atoms with Crippen LogP contribution in [0.2, 0.25) is 0 Å². The van der Waals surface area contributed by atoms with Crippen LogP contribution in [0.3, 0.4) is 0 Å². The van der Waals surface area contributed by atoms with Gasteiger partial charge in [-0.1, -0.05) is 28.1 Å². The molecule has 4 aromatic heterocycles. The van der Waals surface area contributed by atoms with E-state index in [0.717, 1.165) is 54.3 Å². The number of aromatic nitrogens is 6. The van der Waals surface area contributed by atoms with Crippen LogP contribution in [0.15, 0.2) is 89.9 Å². The van der Waals surface area contributed by atoms with Crippen LogP contribution in [0.1, 0.15) is 83.1 Å². The molecule has 16 heteroatoms. The second kappa shape index (κ2) is 15.8. The summed E-state index contributed by atoms with van der Waals surface area (Å²) in [6.07, 6.45) is 7.14. The van der Waals surface area contributed by atoms with Gasteiger partial charge in [0.15, 0.2) is 0 Å². The molecule has 0 radical (unpaired) electrons. The second-order valence-corrected chi connectivity index (χ2v) is 19.6. The molecule has 3 saturated heterocycles. The number of benzene rings is 2. The third kappa shape index (κ3) is 8.36. The van der Waals surface area contributed by atoms with Crippen molar-refractivity contribution in [2.75, 3.05) is 0 Å². The third-order valence-corrected chi connectivity index (χ3v) is 13.4. The molecule has 0 atom stereocenters. The maximum absolute atomic E-state index is 6.19. The molecule has 0 unspecified atom stereocenters. The molecule has 60 heavy (non-hydrogen) atoms. The van der Waals surface area contributed by atoms with Crippen LogP contribution in [0.25, 0.3) is 44.3 Å². The zero-order chi connectivity index (χ0) is 43.6. The van der Waals surface area contributed by atoms with E-state index in [1.807, 2.05) is 109 Å². The van der Waals surface area contributed by atoms with Gasteiger partial charge in [0.2, 0.25) is 0 Å². The van der Waals surface area contributed by atoms with E-state index in [0.29, 0.717) is 0 Å². The first-order chi connectivity index (χ1) is 27.9. The summed E-state index contributed by atoms with van der Waals surface area (Å²) in [4.78, 5) is 8.13. The van der Waals surface area contributed by atoms with E-state index in [-0.39, 0.29) is 40.7 Å². The molecular weight excluding hydrogens is 821 g/mol. The van der Waals surface area contributed by atoms with Crippen molar-refractivity contribution in [3.05, 3.63) is 89.9 Å². The van der Waals surface area contributed by atoms with E-state index in [1.165, 1.54) is 0 Å². The third-order valence-electron chi connectivity index (χ3n) is 12.9. The zero-order valence-electron chi connectivity index (χ0n) is 37.3. The Bertz CT molecular complexity index is 2410. The van der Waals surface area contributed by atoms with Gasteiger partial charge in [-0.2, -0.15) is 10.2 Å². The highest BCUT2D eigenvalue weighted by atomic mass is 79.9. The first-order valence-electron chi connectivity index (χ1n) is 20.4. The average molecular weight is 877 g/mol. The lowest BCUT2D eigenvalue weighted by atomic mass is 9.49. The first kappa shape index (κ1) is 44.2. The molecular formula is C44H56B3BrN6O6. The van der Waals surface area contributed by atoms with Gasteiger partial charge >= 0.3 is 21.1 Å². The normalized spacial score (nSPS) is 20.6. The van der Waals surface area contributed by atoms with Crippen LogP contribution in [-0.2, 0) is 42.0 Å². The molecule has 0 aliphatic carbocycles. The van der Waals surface area contributed by atoms with Gasteiger partial charge in [0.25, 0.3) is 0 Å². The second-order valence-electron chi connectivity index (χ2n) is 18.7. The smallest absolute Gasteiger partial charge is 0.405 e. The van der Waals surface area contributed by atoms with Crippen LogP contribution < -0.4 is 5.46 Å². The minimum absolute atomic E-state index is 0.352. The van der Waals surface area contributed by atoms with Gasteiger partial charge in [-0.15, -0.1) is 0 Å². The number of hydrogen-bond acceptors (Lipinski definition) is 10. The number of fused-ring (bicyclic) bond motifs is 2. The molecule has 0 saturated carbocycles. The summed E-state index contributed by atoms with van der Waals surface area (Å²) >= 11 is 3.50. The van der Waals surface area contributed by atoms with Crippen LogP contribution in [0, 0.1) is 0 Å². The molecule has 3 aliphatic rings. The van der Waals surface area contributed by atoms with Gasteiger partial charge in [-0.05, 0) is 137 Å². The zero-order valence-corrected chi connectivity index (χ0v) is 38.9. The number of rotatable bonds is 4. The summed E-state index contributed by atoms with van der Waals surface area (Å²) in [5.41, 5.74) is 5.14. The molecule has 7 heterocycles. The number of nitrogens with zero attached hydrogens (tertiary/aromatic N) is 6. The van der Waals surface area contributed by atoms with Crippen LogP contribution >= 0.6 is 15.9 Å². The molecule has 12 nitrogen and oxygen atoms in total. The lowest BCUT2D eigenvalue weighted by Gasteiger charge is -2.32. The average Bonchev–Trinajstić information content (AvgIpc) is 3.88. The molecule has 6 aromatic rings. The van der Waals surface area contributed by atoms with Crippen molar-refractivity contribution in [2.24, 2.45) is 14.1 Å². The SMILES string of the molecule is CC1(C)OB(B2OC(C)(C)C(C)(C)O2)OC1(C)C.Cn1nc(-c2ccncc2)c2cc(B3OC(C)(C)C(C)(C)O3)ccc21.Cn1nc(-c2ccncc2)c2cc(Br)ccc21. The maximum Gasteiger partial charge on any atom is 0.494 e. The van der Waals surface area contributed by atoms with Crippen LogP contribution in [0.5, 0.6) is 0 Å². The molecule has 3 aliphatic heterocycles. The van der Waals surface area contributed by atoms with Gasteiger partial charge in [0.1, 0.15) is 11.4 Å². The highest BCUT2D eigenvalue weighted by Crippen LogP contribution is 2.43. The maximum atomic E-state index is 6.19. The number of aryl methyl sites for hydroxylation is 2. The van der Waals surface area contributed by atoms with E-state index in [1.54, 1.807) is 24.8 Å². The topological polar surface area (TPSA) is 117 Å². The summed E-state index contributed by atoms with van der Waals surface area (Å²) in [5.74, 6) is 0. The molecule has 2 aromatic carbocycles. The van der Waals surface area contributed by atoms with Crippen molar-refractivity contribution in [1.82, 2.24) is 29.5 Å². The first-order valence-corrected chi connectivity index (χ1v) is 21.2. The lowest BCUT2D eigenvalue weighted by molar-refractivity contribution is 0.00578. The van der Waals surface area contributed by atoms with Crippen molar-refractivity contribution in [1.29, 1.82) is 0 Å². The Labute approximate surface area is 363 Å². The predicted octanol–water partition coefficient (Wildman–Crippen LogP) is 8.58. The molecule has 9 rings (SSSR count). The highest BCUT2D eigenvalue weighted by Gasteiger charge is 2.63. The molecule has 3 fully saturated rings. The van der Waals surface area contributed by atoms with E-state index in [4.69, 9.17) is 33.0 Å². The Balaban J connectivity index is 0.000000140. The van der Waals surface area contributed by atoms with Gasteiger partial charge in [0.05, 0.1) is 44.6 Å². The van der Waals surface area contributed by atoms with Crippen molar-refractivity contribution >= 4 is 64.3 Å².